The summed E-state index contributed by atoms with van der Waals surface area (Å²) in [6.45, 7) is 4.63. The molecule has 0 aliphatic carbocycles. The Hall–Kier alpha value is -1.56. The van der Waals surface area contributed by atoms with E-state index in [1.807, 2.05) is 19.6 Å². The lowest BCUT2D eigenvalue weighted by molar-refractivity contribution is 0.0625. The molecule has 6 heteroatoms. The zero-order valence-corrected chi connectivity index (χ0v) is 13.2. The van der Waals surface area contributed by atoms with Gasteiger partial charge in [0.2, 0.25) is 0 Å². The fraction of sp³-hybridized carbons (Fsp3) is 0.733. The van der Waals surface area contributed by atoms with Crippen molar-refractivity contribution in [3.8, 4) is 0 Å². The molecular formula is C15H27N5O. The molecule has 0 aromatic carbocycles. The molecule has 1 fully saturated rings. The van der Waals surface area contributed by atoms with Gasteiger partial charge in [0.15, 0.2) is 5.96 Å². The van der Waals surface area contributed by atoms with Crippen LogP contribution >= 0.6 is 0 Å². The Morgan fingerprint density at radius 2 is 2.29 bits per heavy atom. The van der Waals surface area contributed by atoms with Gasteiger partial charge in [-0.2, -0.15) is 0 Å². The first-order valence-corrected chi connectivity index (χ1v) is 7.75. The van der Waals surface area contributed by atoms with Crippen molar-refractivity contribution in [2.75, 3.05) is 40.4 Å². The van der Waals surface area contributed by atoms with E-state index in [9.17, 15) is 0 Å². The number of nitrogens with zero attached hydrogens (tertiary/aromatic N) is 4. The van der Waals surface area contributed by atoms with E-state index in [0.29, 0.717) is 0 Å². The van der Waals surface area contributed by atoms with Crippen LogP contribution in [0.4, 0.5) is 0 Å². The summed E-state index contributed by atoms with van der Waals surface area (Å²) in [5.74, 6) is 1.76. The van der Waals surface area contributed by atoms with E-state index in [1.165, 1.54) is 19.3 Å². The van der Waals surface area contributed by atoms with Gasteiger partial charge in [-0.25, -0.2) is 4.98 Å². The van der Waals surface area contributed by atoms with E-state index >= 15 is 0 Å². The van der Waals surface area contributed by atoms with Gasteiger partial charge in [0.05, 0.1) is 6.33 Å². The maximum atomic E-state index is 5.41. The summed E-state index contributed by atoms with van der Waals surface area (Å²) < 4.78 is 7.46. The van der Waals surface area contributed by atoms with Gasteiger partial charge in [-0.1, -0.05) is 0 Å². The molecule has 0 unspecified atom stereocenters. The molecule has 2 heterocycles. The SMILES string of the molecule is CN=C(NCCn1ccnc1)N(C)CCC1CCOCC1. The van der Waals surface area contributed by atoms with Crippen LogP contribution in [0, 0.1) is 5.92 Å². The molecule has 2 rings (SSSR count). The lowest BCUT2D eigenvalue weighted by Crippen LogP contribution is -2.41. The summed E-state index contributed by atoms with van der Waals surface area (Å²) in [7, 11) is 3.94. The third-order valence-electron chi connectivity index (χ3n) is 4.00. The number of ether oxygens (including phenoxy) is 1. The second-order valence-electron chi connectivity index (χ2n) is 5.54. The van der Waals surface area contributed by atoms with E-state index in [1.54, 1.807) is 6.20 Å². The molecule has 0 saturated carbocycles. The normalized spacial score (nSPS) is 17.0. The Kier molecular flexibility index (Phi) is 6.53. The quantitative estimate of drug-likeness (QED) is 0.633. The Labute approximate surface area is 127 Å². The third-order valence-corrected chi connectivity index (χ3v) is 4.00. The van der Waals surface area contributed by atoms with Crippen molar-refractivity contribution in [1.82, 2.24) is 19.8 Å². The molecule has 1 N–H and O–H groups in total. The summed E-state index contributed by atoms with van der Waals surface area (Å²) >= 11 is 0. The second-order valence-corrected chi connectivity index (χ2v) is 5.54. The summed E-state index contributed by atoms with van der Waals surface area (Å²) in [4.78, 5) is 10.6. The number of aromatic nitrogens is 2. The Morgan fingerprint density at radius 3 is 2.95 bits per heavy atom. The van der Waals surface area contributed by atoms with Crippen LogP contribution in [0.5, 0.6) is 0 Å². The minimum absolute atomic E-state index is 0.797. The third kappa shape index (κ3) is 5.38. The van der Waals surface area contributed by atoms with Gasteiger partial charge in [0.25, 0.3) is 0 Å². The molecule has 1 aromatic heterocycles. The number of hydrogen-bond acceptors (Lipinski definition) is 3. The van der Waals surface area contributed by atoms with Crippen molar-refractivity contribution in [2.45, 2.75) is 25.8 Å². The van der Waals surface area contributed by atoms with Crippen LogP contribution in [-0.4, -0.2) is 60.8 Å². The van der Waals surface area contributed by atoms with Gasteiger partial charge in [0, 0.05) is 59.3 Å². The molecule has 1 aliphatic heterocycles. The zero-order valence-electron chi connectivity index (χ0n) is 13.2. The molecule has 0 amide bonds. The molecule has 0 atom stereocenters. The van der Waals surface area contributed by atoms with Gasteiger partial charge < -0.3 is 19.5 Å². The molecular weight excluding hydrogens is 266 g/mol. The van der Waals surface area contributed by atoms with Crippen molar-refractivity contribution in [1.29, 1.82) is 0 Å². The van der Waals surface area contributed by atoms with Crippen molar-refractivity contribution in [2.24, 2.45) is 10.9 Å². The van der Waals surface area contributed by atoms with Gasteiger partial charge >= 0.3 is 0 Å². The zero-order chi connectivity index (χ0) is 14.9. The van der Waals surface area contributed by atoms with Crippen molar-refractivity contribution < 1.29 is 4.74 Å². The topological polar surface area (TPSA) is 54.7 Å². The highest BCUT2D eigenvalue weighted by Crippen LogP contribution is 2.18. The average Bonchev–Trinajstić information content (AvgIpc) is 3.03. The Balaban J connectivity index is 1.67. The van der Waals surface area contributed by atoms with Crippen molar-refractivity contribution in [3.63, 3.8) is 0 Å². The fourth-order valence-corrected chi connectivity index (χ4v) is 2.62. The standard InChI is InChI=1S/C15H27N5O/c1-16-15(18-7-10-20-9-6-17-13-20)19(2)8-3-14-4-11-21-12-5-14/h6,9,13-14H,3-5,7-8,10-12H2,1-2H3,(H,16,18). The Bertz CT molecular complexity index is 412. The number of nitrogens with one attached hydrogen (secondary N) is 1. The average molecular weight is 293 g/mol. The van der Waals surface area contributed by atoms with Gasteiger partial charge in [-0.15, -0.1) is 0 Å². The molecule has 21 heavy (non-hydrogen) atoms. The maximum absolute atomic E-state index is 5.41. The molecule has 0 spiro atoms. The summed E-state index contributed by atoms with van der Waals surface area (Å²) in [5.41, 5.74) is 0. The fourth-order valence-electron chi connectivity index (χ4n) is 2.62. The highest BCUT2D eigenvalue weighted by Gasteiger charge is 2.15. The molecule has 118 valence electrons. The number of guanidine groups is 1. The molecule has 1 aliphatic rings. The lowest BCUT2D eigenvalue weighted by atomic mass is 9.96. The Morgan fingerprint density at radius 1 is 1.48 bits per heavy atom. The second kappa shape index (κ2) is 8.67. The minimum Gasteiger partial charge on any atom is -0.381 e. The van der Waals surface area contributed by atoms with Gasteiger partial charge in [0.1, 0.15) is 0 Å². The van der Waals surface area contributed by atoms with Gasteiger partial charge in [-0.3, -0.25) is 4.99 Å². The van der Waals surface area contributed by atoms with E-state index in [-0.39, 0.29) is 0 Å². The number of imidazole rings is 1. The van der Waals surface area contributed by atoms with E-state index < -0.39 is 0 Å². The largest absolute Gasteiger partial charge is 0.381 e. The predicted octanol–water partition coefficient (Wildman–Crippen LogP) is 1.21. The van der Waals surface area contributed by atoms with Crippen molar-refractivity contribution >= 4 is 5.96 Å². The maximum Gasteiger partial charge on any atom is 0.193 e. The summed E-state index contributed by atoms with van der Waals surface area (Å²) in [6.07, 6.45) is 9.20. The van der Waals surface area contributed by atoms with Crippen LogP contribution in [0.2, 0.25) is 0 Å². The van der Waals surface area contributed by atoms with E-state index in [2.05, 4.69) is 31.8 Å². The minimum atomic E-state index is 0.797. The van der Waals surface area contributed by atoms with Crippen LogP contribution in [0.1, 0.15) is 19.3 Å². The molecule has 1 aromatic rings. The van der Waals surface area contributed by atoms with Crippen LogP contribution in [0.3, 0.4) is 0 Å². The number of hydrogen-bond donors (Lipinski definition) is 1. The van der Waals surface area contributed by atoms with Crippen LogP contribution in [0.15, 0.2) is 23.7 Å². The lowest BCUT2D eigenvalue weighted by Gasteiger charge is -2.26. The molecule has 1 saturated heterocycles. The number of rotatable bonds is 6. The molecule has 0 bridgehead atoms. The van der Waals surface area contributed by atoms with Crippen LogP contribution in [-0.2, 0) is 11.3 Å². The highest BCUT2D eigenvalue weighted by atomic mass is 16.5. The molecule has 0 radical (unpaired) electrons. The van der Waals surface area contributed by atoms with Crippen LogP contribution in [0.25, 0.3) is 0 Å². The monoisotopic (exact) mass is 293 g/mol. The highest BCUT2D eigenvalue weighted by molar-refractivity contribution is 5.79. The van der Waals surface area contributed by atoms with Gasteiger partial charge in [-0.05, 0) is 25.2 Å². The smallest absolute Gasteiger partial charge is 0.193 e. The molecule has 6 nitrogen and oxygen atoms in total. The number of aliphatic imine (C=N–C) groups is 1. The first kappa shape index (κ1) is 15.8. The van der Waals surface area contributed by atoms with E-state index in [0.717, 1.165) is 44.7 Å². The summed E-state index contributed by atoms with van der Waals surface area (Å²) in [5, 5.41) is 3.40. The van der Waals surface area contributed by atoms with Crippen molar-refractivity contribution in [3.05, 3.63) is 18.7 Å². The summed E-state index contributed by atoms with van der Waals surface area (Å²) in [6, 6.07) is 0. The van der Waals surface area contributed by atoms with E-state index in [4.69, 9.17) is 4.74 Å². The predicted molar refractivity (Wildman–Crippen MR) is 84.4 cm³/mol. The first-order chi connectivity index (χ1) is 10.3. The van der Waals surface area contributed by atoms with Crippen LogP contribution < -0.4 is 5.32 Å². The first-order valence-electron chi connectivity index (χ1n) is 7.75.